The van der Waals surface area contributed by atoms with E-state index in [1.54, 1.807) is 17.7 Å². The van der Waals surface area contributed by atoms with Crippen LogP contribution in [0.25, 0.3) is 21.3 Å². The number of thioether (sulfide) groups is 1. The quantitative estimate of drug-likeness (QED) is 0.246. The Morgan fingerprint density at radius 3 is 2.47 bits per heavy atom. The molecule has 1 N–H and O–H groups in total. The van der Waals surface area contributed by atoms with Crippen molar-refractivity contribution in [3.05, 3.63) is 70.4 Å². The second-order valence-electron chi connectivity index (χ2n) is 8.19. The molecule has 4 aromatic rings. The maximum Gasteiger partial charge on any atom is 0.237 e. The fraction of sp³-hybridized carbons (Fsp3) is 0.269. The molecule has 2 aromatic carbocycles. The number of aromatic nitrogens is 2. The summed E-state index contributed by atoms with van der Waals surface area (Å²) in [7, 11) is 0. The van der Waals surface area contributed by atoms with Crippen LogP contribution in [0.5, 0.6) is 0 Å². The molecular weight excluding hydrogens is 434 g/mol. The Labute approximate surface area is 197 Å². The lowest BCUT2D eigenvalue weighted by molar-refractivity contribution is -0.115. The van der Waals surface area contributed by atoms with E-state index in [0.717, 1.165) is 43.2 Å². The van der Waals surface area contributed by atoms with Gasteiger partial charge in [-0.25, -0.2) is 9.97 Å². The van der Waals surface area contributed by atoms with Crippen LogP contribution in [0.2, 0.25) is 0 Å². The lowest BCUT2D eigenvalue weighted by atomic mass is 10.0. The summed E-state index contributed by atoms with van der Waals surface area (Å²) >= 11 is 3.14. The zero-order valence-electron chi connectivity index (χ0n) is 19.0. The fourth-order valence-corrected chi connectivity index (χ4v) is 5.80. The molecule has 0 spiro atoms. The smallest absolute Gasteiger partial charge is 0.237 e. The summed E-state index contributed by atoms with van der Waals surface area (Å²) in [5.41, 5.74) is 7.92. The minimum Gasteiger partial charge on any atom is -0.325 e. The van der Waals surface area contributed by atoms with Crippen LogP contribution in [0.3, 0.4) is 0 Å². The highest BCUT2D eigenvalue weighted by atomic mass is 32.2. The molecule has 4 nitrogen and oxygen atoms in total. The number of carbonyl (C=O) groups excluding carboxylic acids is 1. The van der Waals surface area contributed by atoms with Crippen molar-refractivity contribution in [2.75, 3.05) is 5.32 Å². The fourth-order valence-electron chi connectivity index (χ4n) is 3.79. The Morgan fingerprint density at radius 2 is 1.78 bits per heavy atom. The number of nitrogens with one attached hydrogen (secondary N) is 1. The highest BCUT2D eigenvalue weighted by Gasteiger charge is 2.22. The molecule has 2 aromatic heterocycles. The first-order chi connectivity index (χ1) is 15.4. The van der Waals surface area contributed by atoms with Crippen molar-refractivity contribution in [2.24, 2.45) is 0 Å². The summed E-state index contributed by atoms with van der Waals surface area (Å²) in [6.45, 7) is 10.4. The van der Waals surface area contributed by atoms with Crippen molar-refractivity contribution >= 4 is 44.9 Å². The van der Waals surface area contributed by atoms with Crippen molar-refractivity contribution in [1.82, 2.24) is 9.97 Å². The van der Waals surface area contributed by atoms with E-state index in [-0.39, 0.29) is 11.2 Å². The number of nitrogens with zero attached hydrogens (tertiary/aromatic N) is 2. The lowest BCUT2D eigenvalue weighted by Gasteiger charge is -2.16. The van der Waals surface area contributed by atoms with Gasteiger partial charge in [0.2, 0.25) is 5.91 Å². The van der Waals surface area contributed by atoms with Crippen LogP contribution in [0.1, 0.15) is 35.6 Å². The summed E-state index contributed by atoms with van der Waals surface area (Å²) in [4.78, 5) is 23.1. The second-order valence-corrected chi connectivity index (χ2v) is 10.2. The number of rotatable bonds is 6. The van der Waals surface area contributed by atoms with E-state index >= 15 is 0 Å². The molecule has 6 heteroatoms. The average Bonchev–Trinajstić information content (AvgIpc) is 3.18. The summed E-state index contributed by atoms with van der Waals surface area (Å²) in [5, 5.41) is 6.87. The first-order valence-electron chi connectivity index (χ1n) is 10.7. The summed E-state index contributed by atoms with van der Waals surface area (Å²) in [6.07, 6.45) is 2.30. The molecule has 0 bridgehead atoms. The van der Waals surface area contributed by atoms with Crippen molar-refractivity contribution in [3.63, 3.8) is 0 Å². The first-order valence-corrected chi connectivity index (χ1v) is 12.5. The van der Waals surface area contributed by atoms with Crippen molar-refractivity contribution in [2.45, 2.75) is 51.3 Å². The van der Waals surface area contributed by atoms with Gasteiger partial charge in [0.25, 0.3) is 0 Å². The molecule has 2 heterocycles. The average molecular weight is 462 g/mol. The minimum absolute atomic E-state index is 0.00257. The van der Waals surface area contributed by atoms with Gasteiger partial charge in [-0.1, -0.05) is 43.0 Å². The van der Waals surface area contributed by atoms with Crippen LogP contribution in [-0.2, 0) is 4.79 Å². The van der Waals surface area contributed by atoms with Crippen LogP contribution < -0.4 is 5.32 Å². The molecular formula is C26H27N3OS2. The number of fused-ring (bicyclic) bond motifs is 1. The lowest BCUT2D eigenvalue weighted by Crippen LogP contribution is -2.24. The molecule has 0 aliphatic rings. The van der Waals surface area contributed by atoms with Gasteiger partial charge in [-0.2, -0.15) is 0 Å². The maximum atomic E-state index is 13.1. The predicted molar refractivity (Wildman–Crippen MR) is 137 cm³/mol. The third kappa shape index (κ3) is 4.71. The number of hydrogen-bond donors (Lipinski definition) is 1. The number of carbonyl (C=O) groups is 1. The molecule has 0 radical (unpaired) electrons. The molecule has 0 fully saturated rings. The molecule has 0 aliphatic heterocycles. The molecule has 0 saturated heterocycles. The molecule has 4 rings (SSSR count). The highest BCUT2D eigenvalue weighted by Crippen LogP contribution is 2.40. The Bertz CT molecular complexity index is 1280. The van der Waals surface area contributed by atoms with Crippen molar-refractivity contribution in [3.8, 4) is 11.1 Å². The van der Waals surface area contributed by atoms with Crippen LogP contribution >= 0.6 is 23.1 Å². The van der Waals surface area contributed by atoms with E-state index in [1.807, 2.05) is 32.9 Å². The third-order valence-corrected chi connectivity index (χ3v) is 7.81. The molecule has 1 unspecified atom stereocenters. The Balaban J connectivity index is 1.65. The molecule has 0 saturated carbocycles. The van der Waals surface area contributed by atoms with E-state index in [0.29, 0.717) is 6.42 Å². The van der Waals surface area contributed by atoms with Crippen molar-refractivity contribution in [1.29, 1.82) is 0 Å². The molecule has 0 aliphatic carbocycles. The maximum absolute atomic E-state index is 13.1. The van der Waals surface area contributed by atoms with Gasteiger partial charge >= 0.3 is 0 Å². The van der Waals surface area contributed by atoms with Gasteiger partial charge in [0.1, 0.15) is 16.2 Å². The number of anilines is 1. The second kappa shape index (κ2) is 9.43. The number of thiophene rings is 1. The largest absolute Gasteiger partial charge is 0.325 e. The topological polar surface area (TPSA) is 54.9 Å². The monoisotopic (exact) mass is 461 g/mol. The van der Waals surface area contributed by atoms with E-state index < -0.39 is 0 Å². The number of aryl methyl sites for hydroxylation is 4. The highest BCUT2D eigenvalue weighted by molar-refractivity contribution is 8.00. The van der Waals surface area contributed by atoms with E-state index in [9.17, 15) is 4.79 Å². The van der Waals surface area contributed by atoms with Crippen molar-refractivity contribution < 1.29 is 4.79 Å². The molecule has 32 heavy (non-hydrogen) atoms. The van der Waals surface area contributed by atoms with Gasteiger partial charge in [-0.3, -0.25) is 4.79 Å². The van der Waals surface area contributed by atoms with Gasteiger partial charge in [0.15, 0.2) is 0 Å². The third-order valence-electron chi connectivity index (χ3n) is 5.56. The first kappa shape index (κ1) is 22.5. The van der Waals surface area contributed by atoms with Gasteiger partial charge < -0.3 is 5.32 Å². The summed E-state index contributed by atoms with van der Waals surface area (Å²) in [5.74, 6) is -0.00257. The van der Waals surface area contributed by atoms with Crippen LogP contribution in [0.4, 0.5) is 5.69 Å². The zero-order valence-corrected chi connectivity index (χ0v) is 20.7. The Morgan fingerprint density at radius 1 is 1.03 bits per heavy atom. The zero-order chi connectivity index (χ0) is 22.8. The van der Waals surface area contributed by atoms with E-state index in [2.05, 4.69) is 58.8 Å². The standard InChI is InChI=1S/C26H27N3OS2/c1-6-22(24(30)29-20-10-15(2)9-16(3)11-20)32-26-23-21(13-31-25(23)27-14-28-26)19-8-7-17(4)18(5)12-19/h7-14,22H,6H2,1-5H3,(H,29,30). The molecule has 1 atom stereocenters. The molecule has 164 valence electrons. The number of amides is 1. The van der Waals surface area contributed by atoms with Crippen LogP contribution in [0.15, 0.2) is 53.1 Å². The van der Waals surface area contributed by atoms with Gasteiger partial charge in [0.05, 0.1) is 10.6 Å². The normalized spacial score (nSPS) is 12.2. The SMILES string of the molecule is CCC(Sc1ncnc2scc(-c3ccc(C)c(C)c3)c12)C(=O)Nc1cc(C)cc(C)c1. The minimum atomic E-state index is -0.249. The van der Waals surface area contributed by atoms with Crippen LogP contribution in [-0.4, -0.2) is 21.1 Å². The van der Waals surface area contributed by atoms with Crippen LogP contribution in [0, 0.1) is 27.7 Å². The predicted octanol–water partition coefficient (Wildman–Crippen LogP) is 7.10. The van der Waals surface area contributed by atoms with E-state index in [4.69, 9.17) is 0 Å². The summed E-state index contributed by atoms with van der Waals surface area (Å²) in [6, 6.07) is 12.6. The van der Waals surface area contributed by atoms with Gasteiger partial charge in [-0.15, -0.1) is 11.3 Å². The Kier molecular flexibility index (Phi) is 6.63. The Hall–Kier alpha value is -2.70. The summed E-state index contributed by atoms with van der Waals surface area (Å²) < 4.78 is 0. The van der Waals surface area contributed by atoms with Gasteiger partial charge in [-0.05, 0) is 74.1 Å². The number of benzene rings is 2. The van der Waals surface area contributed by atoms with Gasteiger partial charge in [0, 0.05) is 16.6 Å². The molecule has 1 amide bonds. The number of hydrogen-bond acceptors (Lipinski definition) is 5. The van der Waals surface area contributed by atoms with E-state index in [1.165, 1.54) is 22.9 Å².